The van der Waals surface area contributed by atoms with E-state index in [0.29, 0.717) is 12.0 Å². The summed E-state index contributed by atoms with van der Waals surface area (Å²) in [6, 6.07) is 4.58. The average Bonchev–Trinajstić information content (AvgIpc) is 2.42. The second kappa shape index (κ2) is 7.75. The first kappa shape index (κ1) is 16.3. The second-order valence-electron chi connectivity index (χ2n) is 4.87. The lowest BCUT2D eigenvalue weighted by Crippen LogP contribution is -2.31. The molecule has 0 amide bonds. The van der Waals surface area contributed by atoms with Crippen LogP contribution < -0.4 is 14.8 Å². The molecule has 2 unspecified atom stereocenters. The smallest absolute Gasteiger partial charge is 0.174 e. The fourth-order valence-electron chi connectivity index (χ4n) is 1.91. The van der Waals surface area contributed by atoms with Gasteiger partial charge in [-0.25, -0.2) is 0 Å². The number of nitrogens with one attached hydrogen (secondary N) is 1. The van der Waals surface area contributed by atoms with Crippen LogP contribution in [0.3, 0.4) is 0 Å². The van der Waals surface area contributed by atoms with E-state index in [1.165, 1.54) is 12.0 Å². The largest absolute Gasteiger partial charge is 0.493 e. The van der Waals surface area contributed by atoms with Crippen molar-refractivity contribution in [1.82, 2.24) is 5.32 Å². The van der Waals surface area contributed by atoms with Gasteiger partial charge >= 0.3 is 0 Å². The summed E-state index contributed by atoms with van der Waals surface area (Å²) < 4.78 is 11.6. The van der Waals surface area contributed by atoms with Crippen molar-refractivity contribution in [3.05, 3.63) is 22.2 Å². The van der Waals surface area contributed by atoms with E-state index in [1.807, 2.05) is 6.07 Å². The second-order valence-corrected chi connectivity index (χ2v) is 5.72. The molecule has 0 aliphatic rings. The van der Waals surface area contributed by atoms with Gasteiger partial charge in [-0.2, -0.15) is 0 Å². The van der Waals surface area contributed by atoms with Crippen molar-refractivity contribution in [2.75, 3.05) is 14.2 Å². The summed E-state index contributed by atoms with van der Waals surface area (Å²) >= 11 is 3.52. The van der Waals surface area contributed by atoms with Gasteiger partial charge in [-0.3, -0.25) is 0 Å². The molecule has 0 saturated heterocycles. The van der Waals surface area contributed by atoms with Gasteiger partial charge in [-0.1, -0.05) is 20.3 Å². The minimum absolute atomic E-state index is 0.497. The Morgan fingerprint density at radius 1 is 1.21 bits per heavy atom. The molecule has 1 aromatic carbocycles. The van der Waals surface area contributed by atoms with Crippen molar-refractivity contribution in [3.63, 3.8) is 0 Å². The molecule has 0 spiro atoms. The topological polar surface area (TPSA) is 30.5 Å². The van der Waals surface area contributed by atoms with Crippen molar-refractivity contribution < 1.29 is 9.47 Å². The maximum atomic E-state index is 5.35. The number of rotatable bonds is 7. The molecule has 0 bridgehead atoms. The third-order valence-corrected chi connectivity index (χ3v) is 4.21. The number of halogens is 1. The molecule has 1 rings (SSSR count). The average molecular weight is 330 g/mol. The summed E-state index contributed by atoms with van der Waals surface area (Å²) in [5.41, 5.74) is 1.18. The van der Waals surface area contributed by atoms with E-state index >= 15 is 0 Å². The van der Waals surface area contributed by atoms with Crippen molar-refractivity contribution in [3.8, 4) is 11.5 Å². The minimum atomic E-state index is 0.497. The molecule has 0 saturated carbocycles. The van der Waals surface area contributed by atoms with Crippen LogP contribution in [0.25, 0.3) is 0 Å². The highest BCUT2D eigenvalue weighted by Gasteiger charge is 2.12. The standard InChI is InChI=1S/C15H24BrNO2/c1-6-10(2)11(3)17-9-12-7-13(16)15(19-5)14(8-12)18-4/h7-8,10-11,17H,6,9H2,1-5H3. The van der Waals surface area contributed by atoms with E-state index in [0.717, 1.165) is 22.5 Å². The molecule has 19 heavy (non-hydrogen) atoms. The van der Waals surface area contributed by atoms with Crippen molar-refractivity contribution in [1.29, 1.82) is 0 Å². The molecular weight excluding hydrogens is 306 g/mol. The highest BCUT2D eigenvalue weighted by molar-refractivity contribution is 9.10. The lowest BCUT2D eigenvalue weighted by Gasteiger charge is -2.20. The van der Waals surface area contributed by atoms with Gasteiger partial charge in [0.25, 0.3) is 0 Å². The first-order valence-electron chi connectivity index (χ1n) is 6.67. The fraction of sp³-hybridized carbons (Fsp3) is 0.600. The zero-order valence-corrected chi connectivity index (χ0v) is 14.0. The summed E-state index contributed by atoms with van der Waals surface area (Å²) in [5.74, 6) is 2.16. The van der Waals surface area contributed by atoms with Crippen molar-refractivity contribution >= 4 is 15.9 Å². The molecule has 4 heteroatoms. The first-order valence-corrected chi connectivity index (χ1v) is 7.46. The number of methoxy groups -OCH3 is 2. The van der Waals surface area contributed by atoms with Crippen molar-refractivity contribution in [2.24, 2.45) is 5.92 Å². The molecule has 0 heterocycles. The van der Waals surface area contributed by atoms with Gasteiger partial charge in [-0.05, 0) is 46.5 Å². The summed E-state index contributed by atoms with van der Waals surface area (Å²) in [6.07, 6.45) is 1.18. The number of ether oxygens (including phenoxy) is 2. The van der Waals surface area contributed by atoms with Gasteiger partial charge < -0.3 is 14.8 Å². The molecule has 3 nitrogen and oxygen atoms in total. The fourth-order valence-corrected chi connectivity index (χ4v) is 2.56. The van der Waals surface area contributed by atoms with Gasteiger partial charge in [0.2, 0.25) is 0 Å². The summed E-state index contributed by atoms with van der Waals surface area (Å²) in [5, 5.41) is 3.55. The van der Waals surface area contributed by atoms with Crippen LogP contribution in [0.15, 0.2) is 16.6 Å². The highest BCUT2D eigenvalue weighted by Crippen LogP contribution is 2.36. The number of hydrogen-bond acceptors (Lipinski definition) is 3. The van der Waals surface area contributed by atoms with Gasteiger partial charge in [0.15, 0.2) is 11.5 Å². The Kier molecular flexibility index (Phi) is 6.66. The molecule has 0 fully saturated rings. The Bertz CT molecular complexity index is 409. The van der Waals surface area contributed by atoms with E-state index in [1.54, 1.807) is 14.2 Å². The predicted octanol–water partition coefficient (Wildman–Crippen LogP) is 3.99. The quantitative estimate of drug-likeness (QED) is 0.820. The minimum Gasteiger partial charge on any atom is -0.493 e. The monoisotopic (exact) mass is 329 g/mol. The van der Waals surface area contributed by atoms with Gasteiger partial charge in [0.05, 0.1) is 18.7 Å². The van der Waals surface area contributed by atoms with Crippen LogP contribution in [-0.4, -0.2) is 20.3 Å². The predicted molar refractivity (Wildman–Crippen MR) is 83.0 cm³/mol. The third-order valence-electron chi connectivity index (χ3n) is 3.62. The molecule has 0 aliphatic carbocycles. The Balaban J connectivity index is 2.77. The highest BCUT2D eigenvalue weighted by atomic mass is 79.9. The van der Waals surface area contributed by atoms with Crippen LogP contribution >= 0.6 is 15.9 Å². The van der Waals surface area contributed by atoms with E-state index < -0.39 is 0 Å². The normalized spacial score (nSPS) is 14.0. The van der Waals surface area contributed by atoms with Crippen LogP contribution in [0, 0.1) is 5.92 Å². The summed E-state index contributed by atoms with van der Waals surface area (Å²) in [6.45, 7) is 7.53. The summed E-state index contributed by atoms with van der Waals surface area (Å²) in [4.78, 5) is 0. The van der Waals surface area contributed by atoms with E-state index in [9.17, 15) is 0 Å². The molecule has 1 aromatic rings. The zero-order chi connectivity index (χ0) is 14.4. The first-order chi connectivity index (χ1) is 9.03. The van der Waals surface area contributed by atoms with Gasteiger partial charge in [0, 0.05) is 12.6 Å². The molecule has 0 aromatic heterocycles. The van der Waals surface area contributed by atoms with Crippen LogP contribution in [0.2, 0.25) is 0 Å². The third kappa shape index (κ3) is 4.39. The van der Waals surface area contributed by atoms with E-state index in [4.69, 9.17) is 9.47 Å². The van der Waals surface area contributed by atoms with Crippen LogP contribution in [0.1, 0.15) is 32.8 Å². The molecule has 0 aliphatic heterocycles. The van der Waals surface area contributed by atoms with Crippen LogP contribution in [0.5, 0.6) is 11.5 Å². The molecular formula is C15H24BrNO2. The van der Waals surface area contributed by atoms with E-state index in [2.05, 4.69) is 48.1 Å². The number of benzene rings is 1. The van der Waals surface area contributed by atoms with E-state index in [-0.39, 0.29) is 0 Å². The molecule has 0 radical (unpaired) electrons. The molecule has 2 atom stereocenters. The zero-order valence-electron chi connectivity index (χ0n) is 12.4. The Morgan fingerprint density at radius 2 is 1.89 bits per heavy atom. The van der Waals surface area contributed by atoms with Crippen molar-refractivity contribution in [2.45, 2.75) is 39.8 Å². The van der Waals surface area contributed by atoms with Gasteiger partial charge in [0.1, 0.15) is 0 Å². The Hall–Kier alpha value is -0.740. The maximum absolute atomic E-state index is 5.35. The number of hydrogen-bond donors (Lipinski definition) is 1. The lowest BCUT2D eigenvalue weighted by atomic mass is 10.0. The lowest BCUT2D eigenvalue weighted by molar-refractivity contribution is 0.351. The van der Waals surface area contributed by atoms with Crippen LogP contribution in [-0.2, 0) is 6.54 Å². The summed E-state index contributed by atoms with van der Waals surface area (Å²) in [7, 11) is 3.30. The Labute approximate surface area is 124 Å². The molecule has 108 valence electrons. The molecule has 1 N–H and O–H groups in total. The van der Waals surface area contributed by atoms with Crippen LogP contribution in [0.4, 0.5) is 0 Å². The SMILES string of the molecule is CCC(C)C(C)NCc1cc(Br)c(OC)c(OC)c1. The Morgan fingerprint density at radius 3 is 2.42 bits per heavy atom. The van der Waals surface area contributed by atoms with Gasteiger partial charge in [-0.15, -0.1) is 0 Å². The maximum Gasteiger partial charge on any atom is 0.174 e.